The van der Waals surface area contributed by atoms with E-state index in [0.717, 1.165) is 5.56 Å². The predicted octanol–water partition coefficient (Wildman–Crippen LogP) is 2.63. The first-order chi connectivity index (χ1) is 14.1. The number of amides is 2. The molecule has 1 aliphatic heterocycles. The van der Waals surface area contributed by atoms with Crippen molar-refractivity contribution in [1.82, 2.24) is 30.0 Å². The van der Waals surface area contributed by atoms with Crippen LogP contribution < -0.4 is 10.9 Å². The monoisotopic (exact) mass is 412 g/mol. The number of rotatable bonds is 3. The molecule has 30 heavy (non-hydrogen) atoms. The van der Waals surface area contributed by atoms with Crippen LogP contribution in [0.15, 0.2) is 29.1 Å². The van der Waals surface area contributed by atoms with Gasteiger partial charge in [-0.15, -0.1) is 0 Å². The molecule has 2 amide bonds. The Balaban J connectivity index is 1.46. The van der Waals surface area contributed by atoms with E-state index >= 15 is 0 Å². The Labute approximate surface area is 173 Å². The molecule has 1 aromatic carbocycles. The smallest absolute Gasteiger partial charge is 0.317 e. The Bertz CT molecular complexity index is 1150. The zero-order valence-corrected chi connectivity index (χ0v) is 17.5. The summed E-state index contributed by atoms with van der Waals surface area (Å²) in [5, 5.41) is 7.83. The van der Waals surface area contributed by atoms with Crippen molar-refractivity contribution in [2.75, 3.05) is 13.1 Å². The van der Waals surface area contributed by atoms with Crippen LogP contribution in [0.5, 0.6) is 0 Å². The number of likely N-dealkylation sites (tertiary alicyclic amines) is 1. The van der Waals surface area contributed by atoms with Crippen molar-refractivity contribution >= 4 is 17.1 Å². The van der Waals surface area contributed by atoms with Crippen LogP contribution in [0.3, 0.4) is 0 Å². The van der Waals surface area contributed by atoms with Crippen LogP contribution in [0.1, 0.15) is 43.8 Å². The first-order valence-corrected chi connectivity index (χ1v) is 9.90. The number of hydrogen-bond donors (Lipinski definition) is 2. The Hall–Kier alpha value is -3.23. The summed E-state index contributed by atoms with van der Waals surface area (Å²) in [6.07, 6.45) is 0. The highest BCUT2D eigenvalue weighted by Crippen LogP contribution is 2.26. The summed E-state index contributed by atoms with van der Waals surface area (Å²) >= 11 is 0. The number of carbonyl (C=O) groups is 1. The van der Waals surface area contributed by atoms with Crippen molar-refractivity contribution in [3.8, 4) is 0 Å². The first-order valence-electron chi connectivity index (χ1n) is 9.90. The van der Waals surface area contributed by atoms with E-state index in [0.29, 0.717) is 42.2 Å². The number of nitrogens with zero attached hydrogens (tertiary/aromatic N) is 4. The lowest BCUT2D eigenvalue weighted by atomic mass is 9.99. The molecule has 8 nitrogen and oxygen atoms in total. The number of H-pyrrole nitrogens is 1. The molecule has 2 aromatic heterocycles. The number of benzene rings is 1. The second-order valence-corrected chi connectivity index (χ2v) is 8.70. The highest BCUT2D eigenvalue weighted by Gasteiger charge is 2.34. The molecule has 0 aliphatic carbocycles. The minimum absolute atomic E-state index is 0.0395. The highest BCUT2D eigenvalue weighted by atomic mass is 19.1. The van der Waals surface area contributed by atoms with Crippen molar-refractivity contribution in [2.24, 2.45) is 0 Å². The standard InChI is InChI=1S/C21H25FN6O2/c1-12-16-18(28(26-12)21(2,3)4)24-17(25-19(16)29)14-10-27(11-14)20(30)23-9-13-5-7-15(22)8-6-13/h5-8,14H,9-11H2,1-4H3,(H,23,30)(H,24,25,29). The maximum Gasteiger partial charge on any atom is 0.317 e. The van der Waals surface area contributed by atoms with Crippen molar-refractivity contribution in [3.05, 3.63) is 57.5 Å². The van der Waals surface area contributed by atoms with Gasteiger partial charge in [0.1, 0.15) is 17.0 Å². The van der Waals surface area contributed by atoms with Crippen LogP contribution in [-0.2, 0) is 12.1 Å². The summed E-state index contributed by atoms with van der Waals surface area (Å²) in [6, 6.07) is 5.80. The fourth-order valence-electron chi connectivity index (χ4n) is 3.58. The molecule has 1 aliphatic rings. The molecular weight excluding hydrogens is 387 g/mol. The Kier molecular flexibility index (Phi) is 4.83. The van der Waals surface area contributed by atoms with Crippen molar-refractivity contribution in [1.29, 1.82) is 0 Å². The number of aryl methyl sites for hydroxylation is 1. The molecule has 3 heterocycles. The number of urea groups is 1. The lowest BCUT2D eigenvalue weighted by Gasteiger charge is -2.38. The average molecular weight is 412 g/mol. The topological polar surface area (TPSA) is 95.9 Å². The Morgan fingerprint density at radius 2 is 1.93 bits per heavy atom. The number of aromatic amines is 1. The molecule has 0 atom stereocenters. The summed E-state index contributed by atoms with van der Waals surface area (Å²) < 4.78 is 14.7. The quantitative estimate of drug-likeness (QED) is 0.691. The average Bonchev–Trinajstić information content (AvgIpc) is 2.97. The van der Waals surface area contributed by atoms with Crippen molar-refractivity contribution in [3.63, 3.8) is 0 Å². The van der Waals surface area contributed by atoms with E-state index in [-0.39, 0.29) is 28.9 Å². The zero-order chi connectivity index (χ0) is 21.6. The first kappa shape index (κ1) is 20.1. The lowest BCUT2D eigenvalue weighted by Crippen LogP contribution is -2.53. The van der Waals surface area contributed by atoms with Gasteiger partial charge in [-0.05, 0) is 45.4 Å². The lowest BCUT2D eigenvalue weighted by molar-refractivity contribution is 0.148. The molecular formula is C21H25FN6O2. The fourth-order valence-corrected chi connectivity index (χ4v) is 3.58. The van der Waals surface area contributed by atoms with E-state index in [1.54, 1.807) is 28.6 Å². The summed E-state index contributed by atoms with van der Waals surface area (Å²) in [4.78, 5) is 34.2. The summed E-state index contributed by atoms with van der Waals surface area (Å²) in [7, 11) is 0. The van der Waals surface area contributed by atoms with Crippen molar-refractivity contribution < 1.29 is 9.18 Å². The van der Waals surface area contributed by atoms with Crippen LogP contribution in [0.25, 0.3) is 11.0 Å². The van der Waals surface area contributed by atoms with Gasteiger partial charge in [0.05, 0.1) is 17.2 Å². The molecule has 9 heteroatoms. The van der Waals surface area contributed by atoms with E-state index in [9.17, 15) is 14.0 Å². The van der Waals surface area contributed by atoms with Gasteiger partial charge in [-0.1, -0.05) is 12.1 Å². The molecule has 2 N–H and O–H groups in total. The van der Waals surface area contributed by atoms with E-state index < -0.39 is 0 Å². The third kappa shape index (κ3) is 3.67. The van der Waals surface area contributed by atoms with E-state index in [1.165, 1.54) is 12.1 Å². The molecule has 1 fully saturated rings. The van der Waals surface area contributed by atoms with Crippen LogP contribution in [0.2, 0.25) is 0 Å². The van der Waals surface area contributed by atoms with Gasteiger partial charge in [0, 0.05) is 19.6 Å². The van der Waals surface area contributed by atoms with Crippen LogP contribution in [-0.4, -0.2) is 43.8 Å². The van der Waals surface area contributed by atoms with Crippen LogP contribution in [0, 0.1) is 12.7 Å². The van der Waals surface area contributed by atoms with Crippen LogP contribution in [0.4, 0.5) is 9.18 Å². The van der Waals surface area contributed by atoms with Gasteiger partial charge in [-0.25, -0.2) is 18.9 Å². The largest absolute Gasteiger partial charge is 0.334 e. The molecule has 0 unspecified atom stereocenters. The number of nitrogens with one attached hydrogen (secondary N) is 2. The molecule has 4 rings (SSSR count). The van der Waals surface area contributed by atoms with E-state index in [4.69, 9.17) is 4.98 Å². The van der Waals surface area contributed by atoms with Gasteiger partial charge in [-0.2, -0.15) is 5.10 Å². The third-order valence-electron chi connectivity index (χ3n) is 5.28. The minimum Gasteiger partial charge on any atom is -0.334 e. The summed E-state index contributed by atoms with van der Waals surface area (Å²) in [5.41, 5.74) is 1.52. The number of aromatic nitrogens is 4. The highest BCUT2D eigenvalue weighted by molar-refractivity contribution is 5.78. The minimum atomic E-state index is -0.309. The second kappa shape index (κ2) is 7.23. The zero-order valence-electron chi connectivity index (χ0n) is 17.5. The summed E-state index contributed by atoms with van der Waals surface area (Å²) in [5.74, 6) is 0.222. The van der Waals surface area contributed by atoms with Crippen molar-refractivity contribution in [2.45, 2.75) is 45.7 Å². The molecule has 1 saturated heterocycles. The molecule has 0 radical (unpaired) electrons. The summed E-state index contributed by atoms with van der Waals surface area (Å²) in [6.45, 7) is 9.09. The molecule has 158 valence electrons. The molecule has 0 saturated carbocycles. The van der Waals surface area contributed by atoms with E-state index in [1.807, 2.05) is 20.8 Å². The third-order valence-corrected chi connectivity index (χ3v) is 5.28. The molecule has 3 aromatic rings. The van der Waals surface area contributed by atoms with Gasteiger partial charge < -0.3 is 15.2 Å². The number of halogens is 1. The van der Waals surface area contributed by atoms with Gasteiger partial charge in [0.2, 0.25) is 0 Å². The van der Waals surface area contributed by atoms with Gasteiger partial charge in [-0.3, -0.25) is 4.79 Å². The van der Waals surface area contributed by atoms with Gasteiger partial charge in [0.25, 0.3) is 5.56 Å². The number of fused-ring (bicyclic) bond motifs is 1. The Morgan fingerprint density at radius 1 is 1.27 bits per heavy atom. The maximum absolute atomic E-state index is 13.0. The number of hydrogen-bond acceptors (Lipinski definition) is 4. The molecule has 0 spiro atoms. The predicted molar refractivity (Wildman–Crippen MR) is 111 cm³/mol. The Morgan fingerprint density at radius 3 is 2.57 bits per heavy atom. The maximum atomic E-state index is 13.0. The number of carbonyl (C=O) groups excluding carboxylic acids is 1. The normalized spacial score (nSPS) is 14.8. The van der Waals surface area contributed by atoms with E-state index in [2.05, 4.69) is 15.4 Å². The fraction of sp³-hybridized carbons (Fsp3) is 0.429. The van der Waals surface area contributed by atoms with Crippen LogP contribution >= 0.6 is 0 Å². The SMILES string of the molecule is Cc1nn(C(C)(C)C)c2nc(C3CN(C(=O)NCc4ccc(F)cc4)C3)[nH]c(=O)c12. The van der Waals surface area contributed by atoms with Gasteiger partial charge >= 0.3 is 6.03 Å². The second-order valence-electron chi connectivity index (χ2n) is 8.70. The molecule has 0 bridgehead atoms. The van der Waals surface area contributed by atoms with Gasteiger partial charge in [0.15, 0.2) is 5.65 Å².